The molecule has 4 N–H and O–H groups in total. The molecule has 2 aromatic rings. The van der Waals surface area contributed by atoms with Gasteiger partial charge in [-0.15, -0.1) is 0 Å². The second-order valence-corrected chi connectivity index (χ2v) is 7.21. The lowest BCUT2D eigenvalue weighted by Crippen LogP contribution is -2.47. The van der Waals surface area contributed by atoms with Crippen molar-refractivity contribution in [2.75, 3.05) is 0 Å². The van der Waals surface area contributed by atoms with Crippen molar-refractivity contribution in [1.29, 1.82) is 0 Å². The molecule has 2 amide bonds. The van der Waals surface area contributed by atoms with Gasteiger partial charge in [0.2, 0.25) is 10.0 Å². The van der Waals surface area contributed by atoms with Gasteiger partial charge in [-0.05, 0) is 55.8 Å². The maximum atomic E-state index is 12.9. The van der Waals surface area contributed by atoms with E-state index in [9.17, 15) is 22.4 Å². The molecule has 0 aliphatic heterocycles. The van der Waals surface area contributed by atoms with Gasteiger partial charge >= 0.3 is 0 Å². The minimum atomic E-state index is -3.99. The van der Waals surface area contributed by atoms with Crippen LogP contribution in [-0.4, -0.2) is 26.3 Å². The Morgan fingerprint density at radius 1 is 1.11 bits per heavy atom. The Hall–Kier alpha value is -2.98. The number of aryl methyl sites for hydroxylation is 1. The molecule has 0 aromatic heterocycles. The van der Waals surface area contributed by atoms with Crippen molar-refractivity contribution in [1.82, 2.24) is 10.9 Å². The van der Waals surface area contributed by atoms with Crippen LogP contribution in [0.5, 0.6) is 5.75 Å². The highest BCUT2D eigenvalue weighted by molar-refractivity contribution is 7.89. The molecule has 0 spiro atoms. The average Bonchev–Trinajstić information content (AvgIpc) is 2.60. The number of sulfonamides is 1. The number of halogens is 1. The summed E-state index contributed by atoms with van der Waals surface area (Å²) in [6.07, 6.45) is -0.978. The van der Waals surface area contributed by atoms with Crippen molar-refractivity contribution in [3.8, 4) is 5.75 Å². The van der Waals surface area contributed by atoms with Crippen LogP contribution < -0.4 is 20.7 Å². The Morgan fingerprint density at radius 2 is 1.74 bits per heavy atom. The number of hydrogen-bond donors (Lipinski definition) is 3. The van der Waals surface area contributed by atoms with Crippen LogP contribution >= 0.6 is 0 Å². The summed E-state index contributed by atoms with van der Waals surface area (Å²) in [6.45, 7) is 2.98. The highest BCUT2D eigenvalue weighted by atomic mass is 32.2. The number of carbonyl (C=O) groups is 2. The predicted octanol–water partition coefficient (Wildman–Crippen LogP) is 1.01. The fourth-order valence-corrected chi connectivity index (χ4v) is 2.92. The number of hydrazine groups is 1. The summed E-state index contributed by atoms with van der Waals surface area (Å²) in [5.74, 6) is -1.56. The minimum Gasteiger partial charge on any atom is -0.481 e. The molecule has 0 heterocycles. The number of hydrogen-bond acceptors (Lipinski definition) is 5. The number of ether oxygens (including phenoxy) is 1. The molecular formula is C17H18FN3O5S. The van der Waals surface area contributed by atoms with E-state index in [2.05, 4.69) is 10.9 Å². The smallest absolute Gasteiger partial charge is 0.279 e. The standard InChI is InChI=1S/C17H18FN3O5S/c1-10-3-4-12(9-15(10)27(19,24)25)17(23)21-20-16(22)11(2)26-14-7-5-13(18)6-8-14/h3-9,11H,1-2H3,(H,20,22)(H,21,23)(H2,19,24,25)/t11-/m0/s1. The molecule has 2 aromatic carbocycles. The summed E-state index contributed by atoms with van der Waals surface area (Å²) < 4.78 is 41.2. The van der Waals surface area contributed by atoms with Crippen molar-refractivity contribution < 1.29 is 27.1 Å². The number of nitrogens with two attached hydrogens (primary N) is 1. The summed E-state index contributed by atoms with van der Waals surface area (Å²) in [7, 11) is -3.99. The van der Waals surface area contributed by atoms with Gasteiger partial charge in [0.05, 0.1) is 4.90 Å². The van der Waals surface area contributed by atoms with Crippen molar-refractivity contribution in [2.24, 2.45) is 5.14 Å². The fraction of sp³-hybridized carbons (Fsp3) is 0.176. The van der Waals surface area contributed by atoms with Crippen LogP contribution in [-0.2, 0) is 14.8 Å². The van der Waals surface area contributed by atoms with Gasteiger partial charge < -0.3 is 4.74 Å². The molecule has 27 heavy (non-hydrogen) atoms. The molecule has 0 fully saturated rings. The van der Waals surface area contributed by atoms with Crippen LogP contribution in [0.25, 0.3) is 0 Å². The van der Waals surface area contributed by atoms with Gasteiger partial charge in [-0.1, -0.05) is 6.07 Å². The van der Waals surface area contributed by atoms with E-state index in [1.165, 1.54) is 50.2 Å². The monoisotopic (exact) mass is 395 g/mol. The van der Waals surface area contributed by atoms with Gasteiger partial charge in [-0.25, -0.2) is 17.9 Å². The number of nitrogens with one attached hydrogen (secondary N) is 2. The van der Waals surface area contributed by atoms with Crippen LogP contribution in [0.2, 0.25) is 0 Å². The lowest BCUT2D eigenvalue weighted by Gasteiger charge is -2.15. The van der Waals surface area contributed by atoms with Crippen molar-refractivity contribution >= 4 is 21.8 Å². The van der Waals surface area contributed by atoms with E-state index >= 15 is 0 Å². The van der Waals surface area contributed by atoms with Crippen LogP contribution in [0.15, 0.2) is 47.4 Å². The Morgan fingerprint density at radius 3 is 2.33 bits per heavy atom. The van der Waals surface area contributed by atoms with Gasteiger partial charge in [-0.3, -0.25) is 20.4 Å². The zero-order chi connectivity index (χ0) is 20.2. The van der Waals surface area contributed by atoms with Gasteiger partial charge in [-0.2, -0.15) is 0 Å². The summed E-state index contributed by atoms with van der Waals surface area (Å²) in [4.78, 5) is 23.9. The lowest BCUT2D eigenvalue weighted by atomic mass is 10.1. The van der Waals surface area contributed by atoms with Gasteiger partial charge in [0.15, 0.2) is 6.10 Å². The van der Waals surface area contributed by atoms with Crippen molar-refractivity contribution in [3.05, 3.63) is 59.4 Å². The summed E-state index contributed by atoms with van der Waals surface area (Å²) >= 11 is 0. The first-order valence-corrected chi connectivity index (χ1v) is 9.28. The van der Waals surface area contributed by atoms with E-state index < -0.39 is 33.8 Å². The average molecular weight is 395 g/mol. The zero-order valence-corrected chi connectivity index (χ0v) is 15.3. The largest absolute Gasteiger partial charge is 0.481 e. The third-order valence-electron chi connectivity index (χ3n) is 3.55. The number of amides is 2. The van der Waals surface area contributed by atoms with E-state index in [1.54, 1.807) is 0 Å². The van der Waals surface area contributed by atoms with E-state index in [4.69, 9.17) is 9.88 Å². The predicted molar refractivity (Wildman–Crippen MR) is 94.7 cm³/mol. The normalized spacial score (nSPS) is 12.1. The quantitative estimate of drug-likeness (QED) is 0.651. The van der Waals surface area contributed by atoms with Crippen molar-refractivity contribution in [2.45, 2.75) is 24.8 Å². The van der Waals surface area contributed by atoms with Crippen molar-refractivity contribution in [3.63, 3.8) is 0 Å². The van der Waals surface area contributed by atoms with Gasteiger partial charge in [0, 0.05) is 5.56 Å². The molecular weight excluding hydrogens is 377 g/mol. The zero-order valence-electron chi connectivity index (χ0n) is 14.5. The summed E-state index contributed by atoms with van der Waals surface area (Å²) in [5, 5.41) is 5.10. The molecule has 0 bridgehead atoms. The van der Waals surface area contributed by atoms with Gasteiger partial charge in [0.1, 0.15) is 11.6 Å². The molecule has 0 radical (unpaired) electrons. The lowest BCUT2D eigenvalue weighted by molar-refractivity contribution is -0.128. The molecule has 8 nitrogen and oxygen atoms in total. The Labute approximate surface area is 155 Å². The number of rotatable bonds is 5. The van der Waals surface area contributed by atoms with Crippen LogP contribution in [0.3, 0.4) is 0 Å². The minimum absolute atomic E-state index is 0.00275. The third-order valence-corrected chi connectivity index (χ3v) is 4.60. The number of benzene rings is 2. The molecule has 144 valence electrons. The van der Waals surface area contributed by atoms with E-state index in [1.807, 2.05) is 0 Å². The summed E-state index contributed by atoms with van der Waals surface area (Å²) in [5.41, 5.74) is 4.71. The molecule has 0 unspecified atom stereocenters. The van der Waals surface area contributed by atoms with E-state index in [-0.39, 0.29) is 16.2 Å². The molecule has 0 saturated carbocycles. The molecule has 0 aliphatic rings. The van der Waals surface area contributed by atoms with Crippen LogP contribution in [0.4, 0.5) is 4.39 Å². The first-order chi connectivity index (χ1) is 12.6. The SMILES string of the molecule is Cc1ccc(C(=O)NNC(=O)[C@H](C)Oc2ccc(F)cc2)cc1S(N)(=O)=O. The van der Waals surface area contributed by atoms with Crippen LogP contribution in [0, 0.1) is 12.7 Å². The number of carbonyl (C=O) groups excluding carboxylic acids is 2. The third kappa shape index (κ3) is 5.50. The Balaban J connectivity index is 1.98. The van der Waals surface area contributed by atoms with Crippen LogP contribution in [0.1, 0.15) is 22.8 Å². The van der Waals surface area contributed by atoms with E-state index in [0.717, 1.165) is 6.07 Å². The summed E-state index contributed by atoms with van der Waals surface area (Å²) in [6, 6.07) is 9.02. The topological polar surface area (TPSA) is 128 Å². The number of primary sulfonamides is 1. The second-order valence-electron chi connectivity index (χ2n) is 5.68. The second kappa shape index (κ2) is 8.14. The van der Waals surface area contributed by atoms with Gasteiger partial charge in [0.25, 0.3) is 11.8 Å². The first kappa shape index (κ1) is 20.3. The molecule has 0 aliphatic carbocycles. The molecule has 2 rings (SSSR count). The molecule has 10 heteroatoms. The highest BCUT2D eigenvalue weighted by Gasteiger charge is 2.18. The Bertz CT molecular complexity index is 961. The first-order valence-electron chi connectivity index (χ1n) is 7.74. The highest BCUT2D eigenvalue weighted by Crippen LogP contribution is 2.16. The fourth-order valence-electron chi connectivity index (χ4n) is 2.11. The molecule has 1 atom stereocenters. The maximum Gasteiger partial charge on any atom is 0.279 e. The van der Waals surface area contributed by atoms with E-state index in [0.29, 0.717) is 5.56 Å². The Kier molecular flexibility index (Phi) is 6.13. The molecule has 0 saturated heterocycles. The maximum absolute atomic E-state index is 12.9.